The third-order valence-corrected chi connectivity index (χ3v) is 3.21. The van der Waals surface area contributed by atoms with Gasteiger partial charge in [-0.2, -0.15) is 11.8 Å². The third-order valence-electron chi connectivity index (χ3n) is 2.21. The van der Waals surface area contributed by atoms with Crippen molar-refractivity contribution in [1.82, 2.24) is 5.32 Å². The number of halogens is 1. The molecule has 0 saturated heterocycles. The normalized spacial score (nSPS) is 10.5. The topological polar surface area (TPSA) is 12.0 Å². The molecule has 1 rings (SSSR count). The molecule has 15 heavy (non-hydrogen) atoms. The molecule has 0 aliphatic heterocycles. The lowest BCUT2D eigenvalue weighted by Crippen LogP contribution is -2.15. The van der Waals surface area contributed by atoms with Gasteiger partial charge in [0.25, 0.3) is 0 Å². The van der Waals surface area contributed by atoms with E-state index in [0.29, 0.717) is 5.88 Å². The van der Waals surface area contributed by atoms with E-state index in [2.05, 4.69) is 35.8 Å². The van der Waals surface area contributed by atoms with Gasteiger partial charge in [0.1, 0.15) is 0 Å². The van der Waals surface area contributed by atoms with Gasteiger partial charge in [0.15, 0.2) is 0 Å². The first-order chi connectivity index (χ1) is 7.36. The van der Waals surface area contributed by atoms with Gasteiger partial charge in [0, 0.05) is 12.4 Å². The van der Waals surface area contributed by atoms with Crippen LogP contribution in [0, 0.1) is 0 Å². The average molecular weight is 244 g/mol. The summed E-state index contributed by atoms with van der Waals surface area (Å²) in [5.41, 5.74) is 2.51. The summed E-state index contributed by atoms with van der Waals surface area (Å²) in [5, 5.41) is 3.43. The molecule has 0 fully saturated rings. The summed E-state index contributed by atoms with van der Waals surface area (Å²) in [7, 11) is 0. The third kappa shape index (κ3) is 5.45. The molecule has 1 aromatic carbocycles. The van der Waals surface area contributed by atoms with E-state index >= 15 is 0 Å². The molecule has 0 aliphatic carbocycles. The van der Waals surface area contributed by atoms with E-state index < -0.39 is 0 Å². The molecule has 0 aliphatic rings. The van der Waals surface area contributed by atoms with Crippen molar-refractivity contribution in [2.75, 3.05) is 18.6 Å². The van der Waals surface area contributed by atoms with E-state index in [4.69, 9.17) is 11.6 Å². The zero-order chi connectivity index (χ0) is 10.9. The Kier molecular flexibility index (Phi) is 6.90. The van der Waals surface area contributed by atoms with E-state index in [1.807, 2.05) is 11.8 Å². The molecule has 0 saturated carbocycles. The molecule has 3 heteroatoms. The zero-order valence-electron chi connectivity index (χ0n) is 9.13. The van der Waals surface area contributed by atoms with Crippen LogP contribution < -0.4 is 5.32 Å². The highest BCUT2D eigenvalue weighted by Crippen LogP contribution is 2.06. The van der Waals surface area contributed by atoms with Crippen molar-refractivity contribution < 1.29 is 0 Å². The highest BCUT2D eigenvalue weighted by atomic mass is 35.5. The van der Waals surface area contributed by atoms with Gasteiger partial charge in [-0.1, -0.05) is 24.3 Å². The van der Waals surface area contributed by atoms with Crippen LogP contribution in [0.2, 0.25) is 0 Å². The molecule has 0 aromatic heterocycles. The number of alkyl halides is 1. The Morgan fingerprint density at radius 1 is 1.20 bits per heavy atom. The van der Waals surface area contributed by atoms with Gasteiger partial charge in [0.05, 0.1) is 0 Å². The molecule has 1 nitrogen and oxygen atoms in total. The molecule has 0 spiro atoms. The van der Waals surface area contributed by atoms with Crippen molar-refractivity contribution in [2.24, 2.45) is 0 Å². The summed E-state index contributed by atoms with van der Waals surface area (Å²) in [6.45, 7) is 2.05. The second-order valence-corrected chi connectivity index (χ2v) is 4.73. The summed E-state index contributed by atoms with van der Waals surface area (Å²) < 4.78 is 0. The van der Waals surface area contributed by atoms with Gasteiger partial charge in [-0.15, -0.1) is 11.6 Å². The van der Waals surface area contributed by atoms with Crippen molar-refractivity contribution in [3.05, 3.63) is 35.4 Å². The number of hydrogen-bond donors (Lipinski definition) is 1. The largest absolute Gasteiger partial charge is 0.313 e. The molecule has 1 aromatic rings. The van der Waals surface area contributed by atoms with Crippen molar-refractivity contribution in [3.63, 3.8) is 0 Å². The smallest absolute Gasteiger partial charge is 0.0474 e. The fraction of sp³-hybridized carbons (Fsp3) is 0.500. The molecule has 0 heterocycles. The maximum atomic E-state index is 5.72. The molecule has 0 radical (unpaired) electrons. The highest BCUT2D eigenvalue weighted by Gasteiger charge is 1.93. The van der Waals surface area contributed by atoms with Gasteiger partial charge in [-0.05, 0) is 36.1 Å². The Morgan fingerprint density at radius 3 is 2.47 bits per heavy atom. The Labute approximate surface area is 102 Å². The minimum absolute atomic E-state index is 0.599. The van der Waals surface area contributed by atoms with Crippen LogP contribution in [0.15, 0.2) is 24.3 Å². The van der Waals surface area contributed by atoms with Crippen LogP contribution in [0.4, 0.5) is 0 Å². The molecule has 0 bridgehead atoms. The molecule has 1 N–H and O–H groups in total. The SMILES string of the molecule is CSCCCNCc1ccc(CCl)cc1. The number of thioether (sulfide) groups is 1. The minimum Gasteiger partial charge on any atom is -0.313 e. The van der Waals surface area contributed by atoms with Crippen LogP contribution in [0.1, 0.15) is 17.5 Å². The predicted octanol–water partition coefficient (Wildman–Crippen LogP) is 3.27. The number of hydrogen-bond acceptors (Lipinski definition) is 2. The van der Waals surface area contributed by atoms with Crippen molar-refractivity contribution in [2.45, 2.75) is 18.8 Å². The van der Waals surface area contributed by atoms with Crippen LogP contribution in [-0.4, -0.2) is 18.6 Å². The lowest BCUT2D eigenvalue weighted by atomic mass is 10.1. The van der Waals surface area contributed by atoms with Gasteiger partial charge < -0.3 is 5.32 Å². The number of nitrogens with one attached hydrogen (secondary N) is 1. The van der Waals surface area contributed by atoms with Crippen LogP contribution in [0.3, 0.4) is 0 Å². The van der Waals surface area contributed by atoms with Crippen molar-refractivity contribution in [1.29, 1.82) is 0 Å². The van der Waals surface area contributed by atoms with Crippen LogP contribution in [0.25, 0.3) is 0 Å². The summed E-state index contributed by atoms with van der Waals surface area (Å²) in [6.07, 6.45) is 3.38. The number of rotatable bonds is 7. The Bertz CT molecular complexity index is 261. The van der Waals surface area contributed by atoms with E-state index in [1.165, 1.54) is 23.3 Å². The fourth-order valence-electron chi connectivity index (χ4n) is 1.32. The van der Waals surface area contributed by atoms with Crippen molar-refractivity contribution in [3.8, 4) is 0 Å². The van der Waals surface area contributed by atoms with E-state index in [1.54, 1.807) is 0 Å². The van der Waals surface area contributed by atoms with Gasteiger partial charge in [0.2, 0.25) is 0 Å². The highest BCUT2D eigenvalue weighted by molar-refractivity contribution is 7.98. The van der Waals surface area contributed by atoms with E-state index in [-0.39, 0.29) is 0 Å². The van der Waals surface area contributed by atoms with Crippen LogP contribution in [-0.2, 0) is 12.4 Å². The molecular formula is C12H18ClNS. The predicted molar refractivity (Wildman–Crippen MR) is 70.7 cm³/mol. The van der Waals surface area contributed by atoms with Gasteiger partial charge >= 0.3 is 0 Å². The summed E-state index contributed by atoms with van der Waals surface area (Å²) in [4.78, 5) is 0. The molecule has 84 valence electrons. The maximum absolute atomic E-state index is 5.72. The second-order valence-electron chi connectivity index (χ2n) is 3.47. The Morgan fingerprint density at radius 2 is 1.87 bits per heavy atom. The molecule has 0 unspecified atom stereocenters. The zero-order valence-corrected chi connectivity index (χ0v) is 10.7. The second kappa shape index (κ2) is 8.03. The first-order valence-electron chi connectivity index (χ1n) is 5.20. The van der Waals surface area contributed by atoms with Crippen LogP contribution >= 0.6 is 23.4 Å². The van der Waals surface area contributed by atoms with Crippen LogP contribution in [0.5, 0.6) is 0 Å². The molecule has 0 atom stereocenters. The summed E-state index contributed by atoms with van der Waals surface area (Å²) >= 11 is 7.62. The lowest BCUT2D eigenvalue weighted by molar-refractivity contribution is 0.679. The first-order valence-corrected chi connectivity index (χ1v) is 7.13. The summed E-state index contributed by atoms with van der Waals surface area (Å²) in [5.74, 6) is 1.83. The molecular weight excluding hydrogens is 226 g/mol. The average Bonchev–Trinajstić information content (AvgIpc) is 2.30. The fourth-order valence-corrected chi connectivity index (χ4v) is 1.93. The Balaban J connectivity index is 2.20. The Hall–Kier alpha value is -0.180. The van der Waals surface area contributed by atoms with E-state index in [0.717, 1.165) is 13.1 Å². The van der Waals surface area contributed by atoms with Crippen molar-refractivity contribution >= 4 is 23.4 Å². The van der Waals surface area contributed by atoms with Gasteiger partial charge in [-0.3, -0.25) is 0 Å². The standard InChI is InChI=1S/C12H18ClNS/c1-15-8-2-7-14-10-12-5-3-11(9-13)4-6-12/h3-6,14H,2,7-10H2,1H3. The molecule has 0 amide bonds. The van der Waals surface area contributed by atoms with E-state index in [9.17, 15) is 0 Å². The lowest BCUT2D eigenvalue weighted by Gasteiger charge is -2.04. The summed E-state index contributed by atoms with van der Waals surface area (Å²) in [6, 6.07) is 8.45. The quantitative estimate of drug-likeness (QED) is 0.583. The monoisotopic (exact) mass is 243 g/mol. The maximum Gasteiger partial charge on any atom is 0.0474 e. The minimum atomic E-state index is 0.599. The van der Waals surface area contributed by atoms with Gasteiger partial charge in [-0.25, -0.2) is 0 Å². The first kappa shape index (κ1) is 12.9. The number of benzene rings is 1.